The third kappa shape index (κ3) is 3.68. The van der Waals surface area contributed by atoms with Crippen molar-refractivity contribution in [1.82, 2.24) is 9.97 Å². The number of aromatic nitrogens is 2. The minimum atomic E-state index is -0.699. The Kier molecular flexibility index (Phi) is 5.81. The third-order valence-electron chi connectivity index (χ3n) is 9.50. The molecular weight excluding hydrogens is 612 g/mol. The minimum Gasteiger partial charge on any atom is -0.231 e. The summed E-state index contributed by atoms with van der Waals surface area (Å²) in [6, 6.07) is 58.3. The molecule has 0 spiro atoms. The van der Waals surface area contributed by atoms with Crippen molar-refractivity contribution in [3.05, 3.63) is 203 Å². The Hall–Kier alpha value is -5.12. The summed E-state index contributed by atoms with van der Waals surface area (Å²) in [6.07, 6.45) is 0. The van der Waals surface area contributed by atoms with Gasteiger partial charge in [-0.05, 0) is 56.6 Å². The Balaban J connectivity index is 1.39. The maximum absolute atomic E-state index is 5.55. The zero-order valence-corrected chi connectivity index (χ0v) is 25.9. The van der Waals surface area contributed by atoms with Gasteiger partial charge in [0.25, 0.3) is 0 Å². The standard InChI is InChI=1S/C42H27BrN2/c43-42-35-23-10-7-20-32(35)41(33-21-8-11-24-36(33)42,34-22-9-12-25-37(34)42)40-44-38(29-16-5-2-6-17-29)27-39(45-40)31-19-13-18-30(26-31)28-14-3-1-4-15-28/h1-27H. The van der Waals surface area contributed by atoms with Crippen molar-refractivity contribution in [1.29, 1.82) is 0 Å². The van der Waals surface area contributed by atoms with Crippen LogP contribution in [0.3, 0.4) is 0 Å². The van der Waals surface area contributed by atoms with Crippen LogP contribution in [0.15, 0.2) is 164 Å². The lowest BCUT2D eigenvalue weighted by atomic mass is 9.52. The molecule has 3 heteroatoms. The summed E-state index contributed by atoms with van der Waals surface area (Å²) in [5.41, 5.74) is 12.9. The Labute approximate surface area is 271 Å². The number of alkyl halides is 1. The Morgan fingerprint density at radius 2 is 0.756 bits per heavy atom. The summed E-state index contributed by atoms with van der Waals surface area (Å²) in [4.78, 5) is 11.0. The lowest BCUT2D eigenvalue weighted by molar-refractivity contribution is 0.581. The molecule has 3 aliphatic carbocycles. The van der Waals surface area contributed by atoms with Crippen LogP contribution in [0.25, 0.3) is 33.6 Å². The topological polar surface area (TPSA) is 25.8 Å². The first-order valence-corrected chi connectivity index (χ1v) is 16.1. The van der Waals surface area contributed by atoms with E-state index in [4.69, 9.17) is 9.97 Å². The van der Waals surface area contributed by atoms with E-state index < -0.39 is 9.74 Å². The molecule has 0 fully saturated rings. The third-order valence-corrected chi connectivity index (χ3v) is 10.8. The van der Waals surface area contributed by atoms with Gasteiger partial charge in [-0.25, -0.2) is 9.97 Å². The summed E-state index contributed by atoms with van der Waals surface area (Å²) in [7, 11) is 0. The van der Waals surface area contributed by atoms with Crippen LogP contribution in [-0.2, 0) is 9.74 Å². The molecule has 6 aromatic carbocycles. The van der Waals surface area contributed by atoms with Gasteiger partial charge in [-0.3, -0.25) is 0 Å². The Bertz CT molecular complexity index is 2120. The highest BCUT2D eigenvalue weighted by molar-refractivity contribution is 9.10. The number of hydrogen-bond donors (Lipinski definition) is 0. The monoisotopic (exact) mass is 638 g/mol. The van der Waals surface area contributed by atoms with Gasteiger partial charge in [-0.1, -0.05) is 168 Å². The molecule has 7 aromatic rings. The van der Waals surface area contributed by atoms with E-state index in [1.807, 2.05) is 0 Å². The Morgan fingerprint density at radius 1 is 0.356 bits per heavy atom. The average molecular weight is 640 g/mol. The van der Waals surface area contributed by atoms with Gasteiger partial charge in [0, 0.05) is 11.1 Å². The largest absolute Gasteiger partial charge is 0.231 e. The van der Waals surface area contributed by atoms with Crippen LogP contribution in [0.2, 0.25) is 0 Å². The highest BCUT2D eigenvalue weighted by atomic mass is 79.9. The summed E-state index contributed by atoms with van der Waals surface area (Å²) in [5, 5.41) is 0. The molecule has 0 radical (unpaired) electrons. The molecule has 2 nitrogen and oxygen atoms in total. The molecule has 0 atom stereocenters. The molecule has 3 aliphatic rings. The number of halogens is 1. The maximum atomic E-state index is 5.55. The maximum Gasteiger partial charge on any atom is 0.149 e. The lowest BCUT2D eigenvalue weighted by Gasteiger charge is -2.53. The van der Waals surface area contributed by atoms with Crippen molar-refractivity contribution in [3.8, 4) is 33.6 Å². The van der Waals surface area contributed by atoms with Crippen LogP contribution < -0.4 is 0 Å². The molecule has 1 aromatic heterocycles. The van der Waals surface area contributed by atoms with Crippen molar-refractivity contribution < 1.29 is 0 Å². The van der Waals surface area contributed by atoms with Gasteiger partial charge in [-0.2, -0.15) is 0 Å². The van der Waals surface area contributed by atoms with Crippen LogP contribution in [0.5, 0.6) is 0 Å². The molecule has 1 heterocycles. The van der Waals surface area contributed by atoms with E-state index in [1.165, 1.54) is 38.9 Å². The van der Waals surface area contributed by atoms with E-state index in [1.54, 1.807) is 0 Å². The summed E-state index contributed by atoms with van der Waals surface area (Å²) < 4.78 is -0.456. The second-order valence-corrected chi connectivity index (χ2v) is 13.0. The van der Waals surface area contributed by atoms with E-state index in [2.05, 4.69) is 180 Å². The second-order valence-electron chi connectivity index (χ2n) is 11.8. The fraction of sp³-hybridized carbons (Fsp3) is 0.0476. The molecule has 0 unspecified atom stereocenters. The summed E-state index contributed by atoms with van der Waals surface area (Å²) in [5.74, 6) is 0.783. The van der Waals surface area contributed by atoms with Crippen molar-refractivity contribution in [2.75, 3.05) is 0 Å². The molecule has 212 valence electrons. The van der Waals surface area contributed by atoms with E-state index in [0.717, 1.165) is 33.9 Å². The van der Waals surface area contributed by atoms with Gasteiger partial charge < -0.3 is 0 Å². The molecule has 0 N–H and O–H groups in total. The molecule has 0 amide bonds. The van der Waals surface area contributed by atoms with Crippen molar-refractivity contribution >= 4 is 15.9 Å². The fourth-order valence-electron chi connectivity index (χ4n) is 7.57. The number of hydrogen-bond acceptors (Lipinski definition) is 2. The van der Waals surface area contributed by atoms with Gasteiger partial charge in [0.1, 0.15) is 15.6 Å². The van der Waals surface area contributed by atoms with Crippen LogP contribution >= 0.6 is 15.9 Å². The molecular formula is C42H27BrN2. The highest BCUT2D eigenvalue weighted by Crippen LogP contribution is 2.65. The molecule has 0 saturated heterocycles. The number of benzene rings is 6. The van der Waals surface area contributed by atoms with E-state index in [-0.39, 0.29) is 0 Å². The molecule has 0 saturated carbocycles. The van der Waals surface area contributed by atoms with Crippen LogP contribution in [0.4, 0.5) is 0 Å². The SMILES string of the molecule is BrC12c3ccccc3C(c3nc(-c4ccccc4)cc(-c4cccc(-c5ccccc5)c4)n3)(c3ccccc31)c1ccccc12. The van der Waals surface area contributed by atoms with E-state index in [9.17, 15) is 0 Å². The highest BCUT2D eigenvalue weighted by Gasteiger charge is 2.59. The van der Waals surface area contributed by atoms with E-state index in [0.29, 0.717) is 0 Å². The fourth-order valence-corrected chi connectivity index (χ4v) is 8.61. The first kappa shape index (κ1) is 26.3. The van der Waals surface area contributed by atoms with Gasteiger partial charge in [0.2, 0.25) is 0 Å². The second kappa shape index (κ2) is 9.95. The van der Waals surface area contributed by atoms with Crippen LogP contribution in [-0.4, -0.2) is 9.97 Å². The average Bonchev–Trinajstić information content (AvgIpc) is 3.13. The lowest BCUT2D eigenvalue weighted by Crippen LogP contribution is -2.49. The van der Waals surface area contributed by atoms with Gasteiger partial charge >= 0.3 is 0 Å². The summed E-state index contributed by atoms with van der Waals surface area (Å²) >= 11 is 4.32. The zero-order valence-electron chi connectivity index (χ0n) is 24.4. The van der Waals surface area contributed by atoms with E-state index >= 15 is 0 Å². The van der Waals surface area contributed by atoms with Crippen LogP contribution in [0.1, 0.15) is 39.2 Å². The van der Waals surface area contributed by atoms with Crippen molar-refractivity contribution in [2.45, 2.75) is 9.74 Å². The number of nitrogens with zero attached hydrogens (tertiary/aromatic N) is 2. The van der Waals surface area contributed by atoms with Crippen molar-refractivity contribution in [2.24, 2.45) is 0 Å². The predicted octanol–water partition coefficient (Wildman–Crippen LogP) is 10.2. The zero-order chi connectivity index (χ0) is 30.0. The quantitative estimate of drug-likeness (QED) is 0.179. The first-order chi connectivity index (χ1) is 22.2. The van der Waals surface area contributed by atoms with Crippen molar-refractivity contribution in [3.63, 3.8) is 0 Å². The predicted molar refractivity (Wildman–Crippen MR) is 185 cm³/mol. The molecule has 2 bridgehead atoms. The summed E-state index contributed by atoms with van der Waals surface area (Å²) in [6.45, 7) is 0. The first-order valence-electron chi connectivity index (χ1n) is 15.3. The normalized spacial score (nSPS) is 19.0. The Morgan fingerprint density at radius 3 is 1.29 bits per heavy atom. The number of rotatable bonds is 4. The molecule has 45 heavy (non-hydrogen) atoms. The van der Waals surface area contributed by atoms with Gasteiger partial charge in [0.15, 0.2) is 0 Å². The molecule has 10 rings (SSSR count). The minimum absolute atomic E-state index is 0.456. The van der Waals surface area contributed by atoms with Gasteiger partial charge in [0.05, 0.1) is 11.4 Å². The molecule has 0 aliphatic heterocycles. The smallest absolute Gasteiger partial charge is 0.149 e. The van der Waals surface area contributed by atoms with Crippen LogP contribution in [0, 0.1) is 0 Å². The van der Waals surface area contributed by atoms with Gasteiger partial charge in [-0.15, -0.1) is 0 Å².